The molecule has 4 rings (SSSR count). The number of nitrogens with one attached hydrogen (secondary N) is 2. The van der Waals surface area contributed by atoms with Crippen molar-refractivity contribution in [3.05, 3.63) is 66.6 Å². The topological polar surface area (TPSA) is 97.0 Å². The summed E-state index contributed by atoms with van der Waals surface area (Å²) in [5.74, 6) is 0.597. The summed E-state index contributed by atoms with van der Waals surface area (Å²) < 4.78 is 32.8. The molecular formula is C20H18N4O3S. The fourth-order valence-corrected chi connectivity index (χ4v) is 4.03. The van der Waals surface area contributed by atoms with Crippen LogP contribution in [0.3, 0.4) is 0 Å². The molecule has 0 fully saturated rings. The Kier molecular flexibility index (Phi) is 4.48. The standard InChI is InChI=1S/C20H18N4O3S/c1-13-11-18-19(21-12-22-20(18)23-13)14-3-5-15(6-4-14)24-28(25,26)17-9-7-16(27-2)8-10-17/h3-12,24H,1-2H3,(H,21,22,23). The van der Waals surface area contributed by atoms with Crippen LogP contribution in [0.25, 0.3) is 22.3 Å². The monoisotopic (exact) mass is 394 g/mol. The highest BCUT2D eigenvalue weighted by Gasteiger charge is 2.15. The number of aromatic nitrogens is 3. The normalized spacial score (nSPS) is 11.5. The molecule has 4 aromatic rings. The number of ether oxygens (including phenoxy) is 1. The highest BCUT2D eigenvalue weighted by Crippen LogP contribution is 2.27. The van der Waals surface area contributed by atoms with Crippen LogP contribution >= 0.6 is 0 Å². The van der Waals surface area contributed by atoms with Crippen molar-refractivity contribution in [2.75, 3.05) is 11.8 Å². The average molecular weight is 394 g/mol. The molecule has 0 amide bonds. The highest BCUT2D eigenvalue weighted by atomic mass is 32.2. The van der Waals surface area contributed by atoms with Crippen molar-refractivity contribution in [2.45, 2.75) is 11.8 Å². The third-order valence-corrected chi connectivity index (χ3v) is 5.74. The molecule has 28 heavy (non-hydrogen) atoms. The van der Waals surface area contributed by atoms with E-state index in [1.54, 1.807) is 24.3 Å². The SMILES string of the molecule is COc1ccc(S(=O)(=O)Nc2ccc(-c3ncnc4[nH]c(C)cc34)cc2)cc1. The van der Waals surface area contributed by atoms with Crippen molar-refractivity contribution >= 4 is 26.7 Å². The van der Waals surface area contributed by atoms with Gasteiger partial charge in [-0.3, -0.25) is 4.72 Å². The number of aryl methyl sites for hydroxylation is 1. The van der Waals surface area contributed by atoms with Gasteiger partial charge in [0.2, 0.25) is 0 Å². The van der Waals surface area contributed by atoms with E-state index in [1.807, 2.05) is 25.1 Å². The molecule has 7 nitrogen and oxygen atoms in total. The van der Waals surface area contributed by atoms with E-state index in [1.165, 1.54) is 25.6 Å². The van der Waals surface area contributed by atoms with Crippen molar-refractivity contribution < 1.29 is 13.2 Å². The van der Waals surface area contributed by atoms with Crippen LogP contribution in [0, 0.1) is 6.92 Å². The summed E-state index contributed by atoms with van der Waals surface area (Å²) in [7, 11) is -2.15. The van der Waals surface area contributed by atoms with E-state index in [0.717, 1.165) is 28.0 Å². The molecular weight excluding hydrogens is 376 g/mol. The zero-order valence-corrected chi connectivity index (χ0v) is 16.1. The molecule has 0 aliphatic rings. The van der Waals surface area contributed by atoms with Crippen LogP contribution in [0.2, 0.25) is 0 Å². The Morgan fingerprint density at radius 2 is 1.71 bits per heavy atom. The first-order valence-corrected chi connectivity index (χ1v) is 10.0. The van der Waals surface area contributed by atoms with Crippen LogP contribution < -0.4 is 9.46 Å². The Bertz CT molecular complexity index is 1230. The largest absolute Gasteiger partial charge is 0.497 e. The second-order valence-electron chi connectivity index (χ2n) is 6.30. The number of sulfonamides is 1. The zero-order chi connectivity index (χ0) is 19.7. The van der Waals surface area contributed by atoms with Crippen LogP contribution in [0.15, 0.2) is 65.8 Å². The van der Waals surface area contributed by atoms with Crippen LogP contribution in [0.1, 0.15) is 5.69 Å². The number of fused-ring (bicyclic) bond motifs is 1. The Balaban J connectivity index is 1.60. The minimum Gasteiger partial charge on any atom is -0.497 e. The summed E-state index contributed by atoms with van der Waals surface area (Å²) in [6.07, 6.45) is 1.51. The molecule has 8 heteroatoms. The molecule has 142 valence electrons. The number of anilines is 1. The van der Waals surface area contributed by atoms with Gasteiger partial charge in [0, 0.05) is 22.3 Å². The number of H-pyrrole nitrogens is 1. The Labute approximate surface area is 162 Å². The van der Waals surface area contributed by atoms with Crippen LogP contribution in [0.5, 0.6) is 5.75 Å². The molecule has 2 heterocycles. The molecule has 0 saturated carbocycles. The molecule has 0 aliphatic heterocycles. The van der Waals surface area contributed by atoms with E-state index in [4.69, 9.17) is 4.74 Å². The van der Waals surface area contributed by atoms with Gasteiger partial charge in [0.05, 0.1) is 17.7 Å². The molecule has 2 aromatic carbocycles. The van der Waals surface area contributed by atoms with E-state index in [-0.39, 0.29) is 4.90 Å². The Morgan fingerprint density at radius 3 is 2.39 bits per heavy atom. The van der Waals surface area contributed by atoms with Gasteiger partial charge in [-0.2, -0.15) is 0 Å². The lowest BCUT2D eigenvalue weighted by Crippen LogP contribution is -2.12. The first-order valence-electron chi connectivity index (χ1n) is 8.54. The number of hydrogen-bond acceptors (Lipinski definition) is 5. The number of nitrogens with zero attached hydrogens (tertiary/aromatic N) is 2. The number of methoxy groups -OCH3 is 1. The number of rotatable bonds is 5. The number of hydrogen-bond donors (Lipinski definition) is 2. The molecule has 0 bridgehead atoms. The molecule has 2 aromatic heterocycles. The molecule has 0 saturated heterocycles. The Morgan fingerprint density at radius 1 is 1.00 bits per heavy atom. The minimum atomic E-state index is -3.68. The van der Waals surface area contributed by atoms with Gasteiger partial charge >= 0.3 is 0 Å². The smallest absolute Gasteiger partial charge is 0.261 e. The number of benzene rings is 2. The fourth-order valence-electron chi connectivity index (χ4n) is 2.97. The molecule has 0 atom stereocenters. The van der Waals surface area contributed by atoms with Gasteiger partial charge in [-0.1, -0.05) is 12.1 Å². The van der Waals surface area contributed by atoms with E-state index in [9.17, 15) is 8.42 Å². The summed E-state index contributed by atoms with van der Waals surface area (Å²) >= 11 is 0. The van der Waals surface area contributed by atoms with Gasteiger partial charge < -0.3 is 9.72 Å². The van der Waals surface area contributed by atoms with Crippen molar-refractivity contribution in [1.29, 1.82) is 0 Å². The summed E-state index contributed by atoms with van der Waals surface area (Å²) in [6, 6.07) is 15.3. The minimum absolute atomic E-state index is 0.165. The Hall–Kier alpha value is -3.39. The summed E-state index contributed by atoms with van der Waals surface area (Å²) in [4.78, 5) is 12.0. The first-order chi connectivity index (χ1) is 13.5. The van der Waals surface area contributed by atoms with Gasteiger partial charge in [0.25, 0.3) is 10.0 Å². The predicted molar refractivity (Wildman–Crippen MR) is 108 cm³/mol. The van der Waals surface area contributed by atoms with Gasteiger partial charge in [0.1, 0.15) is 17.7 Å². The maximum Gasteiger partial charge on any atom is 0.261 e. The third-order valence-electron chi connectivity index (χ3n) is 4.34. The van der Waals surface area contributed by atoms with Gasteiger partial charge in [-0.25, -0.2) is 18.4 Å². The first kappa shape index (κ1) is 18.0. The highest BCUT2D eigenvalue weighted by molar-refractivity contribution is 7.92. The molecule has 0 spiro atoms. The maximum atomic E-state index is 12.6. The maximum absolute atomic E-state index is 12.6. The molecule has 0 radical (unpaired) electrons. The van der Waals surface area contributed by atoms with E-state index < -0.39 is 10.0 Å². The van der Waals surface area contributed by atoms with Gasteiger partial charge in [0.15, 0.2) is 0 Å². The lowest BCUT2D eigenvalue weighted by molar-refractivity contribution is 0.414. The van der Waals surface area contributed by atoms with Gasteiger partial charge in [-0.15, -0.1) is 0 Å². The average Bonchev–Trinajstić information content (AvgIpc) is 3.08. The molecule has 0 unspecified atom stereocenters. The van der Waals surface area contributed by atoms with Crippen LogP contribution in [-0.4, -0.2) is 30.5 Å². The van der Waals surface area contributed by atoms with Crippen LogP contribution in [-0.2, 0) is 10.0 Å². The van der Waals surface area contributed by atoms with Crippen LogP contribution in [0.4, 0.5) is 5.69 Å². The van der Waals surface area contributed by atoms with E-state index in [2.05, 4.69) is 19.7 Å². The fraction of sp³-hybridized carbons (Fsp3) is 0.100. The molecule has 2 N–H and O–H groups in total. The molecule has 0 aliphatic carbocycles. The second kappa shape index (κ2) is 6.97. The lowest BCUT2D eigenvalue weighted by atomic mass is 10.1. The van der Waals surface area contributed by atoms with Crippen molar-refractivity contribution in [1.82, 2.24) is 15.0 Å². The van der Waals surface area contributed by atoms with Crippen molar-refractivity contribution in [2.24, 2.45) is 0 Å². The third kappa shape index (κ3) is 3.41. The summed E-state index contributed by atoms with van der Waals surface area (Å²) in [6.45, 7) is 1.96. The van der Waals surface area contributed by atoms with Gasteiger partial charge in [-0.05, 0) is 49.4 Å². The number of aromatic amines is 1. The van der Waals surface area contributed by atoms with E-state index in [0.29, 0.717) is 11.4 Å². The van der Waals surface area contributed by atoms with Crippen molar-refractivity contribution in [3.8, 4) is 17.0 Å². The predicted octanol–water partition coefficient (Wildman–Crippen LogP) is 3.74. The summed E-state index contributed by atoms with van der Waals surface area (Å²) in [5.41, 5.74) is 3.90. The lowest BCUT2D eigenvalue weighted by Gasteiger charge is -2.09. The zero-order valence-electron chi connectivity index (χ0n) is 15.3. The van der Waals surface area contributed by atoms with Crippen molar-refractivity contribution in [3.63, 3.8) is 0 Å². The van der Waals surface area contributed by atoms with E-state index >= 15 is 0 Å². The second-order valence-corrected chi connectivity index (χ2v) is 7.98. The summed E-state index contributed by atoms with van der Waals surface area (Å²) in [5, 5.41) is 0.923. The quantitative estimate of drug-likeness (QED) is 0.537.